The van der Waals surface area contributed by atoms with Crippen LogP contribution in [0.5, 0.6) is 5.06 Å². The summed E-state index contributed by atoms with van der Waals surface area (Å²) in [6.07, 6.45) is 1.25. The van der Waals surface area contributed by atoms with Crippen LogP contribution in [0.2, 0.25) is 0 Å². The molecule has 0 aliphatic carbocycles. The molecule has 1 N–H and O–H groups in total. The number of rotatable bonds is 8. The third-order valence-electron chi connectivity index (χ3n) is 7.00. The molecule has 210 valence electrons. The number of ketones is 1. The number of pyridine rings is 1. The van der Waals surface area contributed by atoms with Crippen LogP contribution >= 0.6 is 11.3 Å². The number of ether oxygens (including phenoxy) is 1. The Kier molecular flexibility index (Phi) is 8.02. The monoisotopic (exact) mass is 582 g/mol. The van der Waals surface area contributed by atoms with Crippen molar-refractivity contribution >= 4 is 39.1 Å². The van der Waals surface area contributed by atoms with Crippen LogP contribution in [0.4, 0.5) is 4.79 Å². The van der Waals surface area contributed by atoms with Gasteiger partial charge in [0.15, 0.2) is 15.9 Å². The van der Waals surface area contributed by atoms with Crippen molar-refractivity contribution in [3.63, 3.8) is 0 Å². The molecule has 3 aromatic rings. The normalized spacial score (nSPS) is 20.0. The van der Waals surface area contributed by atoms with Gasteiger partial charge in [-0.1, -0.05) is 61.6 Å². The number of fused-ring (bicyclic) bond motifs is 1. The Balaban J connectivity index is 1.29. The number of nitrogens with zero attached hydrogens (tertiary/aromatic N) is 3. The summed E-state index contributed by atoms with van der Waals surface area (Å²) in [5.41, 5.74) is 1.000. The second-order valence-electron chi connectivity index (χ2n) is 10.2. The number of benzene rings is 1. The number of thiophene rings is 1. The minimum absolute atomic E-state index is 0.0550. The topological polar surface area (TPSA) is 126 Å². The van der Waals surface area contributed by atoms with E-state index >= 15 is 0 Å². The predicted molar refractivity (Wildman–Crippen MR) is 149 cm³/mol. The van der Waals surface area contributed by atoms with Crippen molar-refractivity contribution in [1.82, 2.24) is 19.5 Å². The molecule has 2 aliphatic heterocycles. The fraction of sp³-hybridized carbons (Fsp3) is 0.357. The molecule has 2 aromatic heterocycles. The van der Waals surface area contributed by atoms with Gasteiger partial charge in [-0.05, 0) is 48.6 Å². The SMILES string of the molecule is CC(C)CC(NC(=O)Oc1ccc(-c2ccccc2)s1)C(=O)N1CCC2C1C(=O)CN2S(=O)(=O)c1ccccn1. The second kappa shape index (κ2) is 11.5. The van der Waals surface area contributed by atoms with E-state index in [4.69, 9.17) is 4.74 Å². The predicted octanol–water partition coefficient (Wildman–Crippen LogP) is 3.56. The summed E-state index contributed by atoms with van der Waals surface area (Å²) >= 11 is 1.31. The zero-order valence-electron chi connectivity index (χ0n) is 22.1. The maximum Gasteiger partial charge on any atom is 0.414 e. The lowest BCUT2D eigenvalue weighted by Crippen LogP contribution is -2.53. The highest BCUT2D eigenvalue weighted by molar-refractivity contribution is 7.89. The van der Waals surface area contributed by atoms with Gasteiger partial charge in [-0.2, -0.15) is 4.31 Å². The van der Waals surface area contributed by atoms with Gasteiger partial charge in [0.25, 0.3) is 10.0 Å². The summed E-state index contributed by atoms with van der Waals surface area (Å²) in [5.74, 6) is -0.729. The summed E-state index contributed by atoms with van der Waals surface area (Å²) in [6, 6.07) is 15.3. The first-order valence-corrected chi connectivity index (χ1v) is 15.3. The molecule has 3 unspecified atom stereocenters. The highest BCUT2D eigenvalue weighted by Gasteiger charge is 2.54. The minimum atomic E-state index is -4.01. The van der Waals surface area contributed by atoms with Crippen LogP contribution in [0.25, 0.3) is 10.4 Å². The maximum absolute atomic E-state index is 13.7. The number of aromatic nitrogens is 1. The first-order chi connectivity index (χ1) is 19.1. The minimum Gasteiger partial charge on any atom is -0.399 e. The first kappa shape index (κ1) is 27.9. The molecule has 40 heavy (non-hydrogen) atoms. The molecular weight excluding hydrogens is 552 g/mol. The average molecular weight is 583 g/mol. The van der Waals surface area contributed by atoms with Crippen molar-refractivity contribution in [1.29, 1.82) is 0 Å². The zero-order chi connectivity index (χ0) is 28.4. The van der Waals surface area contributed by atoms with E-state index in [0.29, 0.717) is 17.9 Å². The lowest BCUT2D eigenvalue weighted by atomic mass is 10.0. The van der Waals surface area contributed by atoms with Gasteiger partial charge in [0.05, 0.1) is 12.6 Å². The van der Waals surface area contributed by atoms with Crippen molar-refractivity contribution in [2.75, 3.05) is 13.1 Å². The van der Waals surface area contributed by atoms with Gasteiger partial charge in [-0.15, -0.1) is 0 Å². The van der Waals surface area contributed by atoms with Crippen LogP contribution in [0, 0.1) is 5.92 Å². The molecule has 2 amide bonds. The lowest BCUT2D eigenvalue weighted by Gasteiger charge is -2.28. The van der Waals surface area contributed by atoms with E-state index in [1.807, 2.05) is 50.2 Å². The number of Topliss-reactive ketones (excluding diaryl/α,β-unsaturated/α-hetero) is 1. The molecule has 12 heteroatoms. The van der Waals surface area contributed by atoms with Crippen molar-refractivity contribution in [3.05, 3.63) is 66.9 Å². The first-order valence-electron chi connectivity index (χ1n) is 13.0. The van der Waals surface area contributed by atoms with Gasteiger partial charge < -0.3 is 15.0 Å². The number of hydrogen-bond acceptors (Lipinski definition) is 8. The van der Waals surface area contributed by atoms with E-state index in [2.05, 4.69) is 10.3 Å². The van der Waals surface area contributed by atoms with E-state index in [0.717, 1.165) is 14.7 Å². The number of likely N-dealkylation sites (tertiary alicyclic amines) is 1. The fourth-order valence-corrected chi connectivity index (χ4v) is 7.67. The molecule has 5 rings (SSSR count). The van der Waals surface area contributed by atoms with Crippen LogP contribution in [-0.4, -0.2) is 71.6 Å². The van der Waals surface area contributed by atoms with Gasteiger partial charge in [-0.3, -0.25) is 9.59 Å². The van der Waals surface area contributed by atoms with Crippen LogP contribution in [0.15, 0.2) is 71.9 Å². The number of sulfonamides is 1. The molecule has 0 saturated carbocycles. The van der Waals surface area contributed by atoms with Gasteiger partial charge in [0, 0.05) is 17.6 Å². The van der Waals surface area contributed by atoms with E-state index in [9.17, 15) is 22.8 Å². The Hall–Kier alpha value is -3.61. The number of amides is 2. The summed E-state index contributed by atoms with van der Waals surface area (Å²) in [4.78, 5) is 45.9. The number of carbonyl (C=O) groups excluding carboxylic acids is 3. The quantitative estimate of drug-likeness (QED) is 0.431. The highest BCUT2D eigenvalue weighted by atomic mass is 32.2. The molecule has 2 fully saturated rings. The average Bonchev–Trinajstić information content (AvgIpc) is 3.66. The van der Waals surface area contributed by atoms with Crippen molar-refractivity contribution < 1.29 is 27.5 Å². The van der Waals surface area contributed by atoms with Gasteiger partial charge in [-0.25, -0.2) is 18.2 Å². The fourth-order valence-electron chi connectivity index (χ4n) is 5.25. The van der Waals surface area contributed by atoms with Crippen LogP contribution in [0.3, 0.4) is 0 Å². The molecule has 4 heterocycles. The van der Waals surface area contributed by atoms with Crippen molar-refractivity contribution in [2.45, 2.75) is 49.8 Å². The number of nitrogens with one attached hydrogen (secondary N) is 1. The molecule has 0 spiro atoms. The summed E-state index contributed by atoms with van der Waals surface area (Å²) in [7, 11) is -4.01. The van der Waals surface area contributed by atoms with Gasteiger partial charge in [0.2, 0.25) is 5.91 Å². The third kappa shape index (κ3) is 5.65. The third-order valence-corrected chi connectivity index (χ3v) is 9.80. The van der Waals surface area contributed by atoms with Gasteiger partial charge in [0.1, 0.15) is 12.1 Å². The van der Waals surface area contributed by atoms with E-state index < -0.39 is 40.1 Å². The van der Waals surface area contributed by atoms with E-state index in [1.54, 1.807) is 18.2 Å². The highest BCUT2D eigenvalue weighted by Crippen LogP contribution is 2.35. The number of hydrogen-bond donors (Lipinski definition) is 1. The van der Waals surface area contributed by atoms with E-state index in [-0.39, 0.29) is 29.8 Å². The molecule has 3 atom stereocenters. The van der Waals surface area contributed by atoms with Crippen LogP contribution in [0.1, 0.15) is 26.7 Å². The molecule has 1 aromatic carbocycles. The Morgan fingerprint density at radius 1 is 1.10 bits per heavy atom. The summed E-state index contributed by atoms with van der Waals surface area (Å²) < 4.78 is 33.1. The van der Waals surface area contributed by atoms with Crippen LogP contribution in [-0.2, 0) is 19.6 Å². The Bertz CT molecular complexity index is 1490. The molecule has 0 bridgehead atoms. The molecule has 0 radical (unpaired) electrons. The zero-order valence-corrected chi connectivity index (χ0v) is 23.7. The Morgan fingerprint density at radius 3 is 2.55 bits per heavy atom. The molecule has 2 aliphatic rings. The maximum atomic E-state index is 13.7. The Morgan fingerprint density at radius 2 is 1.85 bits per heavy atom. The molecule has 2 saturated heterocycles. The number of carbonyl (C=O) groups is 3. The molecular formula is C28H30N4O6S2. The van der Waals surface area contributed by atoms with Crippen molar-refractivity contribution in [2.24, 2.45) is 5.92 Å². The van der Waals surface area contributed by atoms with Gasteiger partial charge >= 0.3 is 6.09 Å². The largest absolute Gasteiger partial charge is 0.414 e. The van der Waals surface area contributed by atoms with Crippen molar-refractivity contribution in [3.8, 4) is 15.5 Å². The van der Waals surface area contributed by atoms with E-state index in [1.165, 1.54) is 28.5 Å². The summed E-state index contributed by atoms with van der Waals surface area (Å²) in [6.45, 7) is 3.72. The smallest absolute Gasteiger partial charge is 0.399 e. The Labute approximate surface area is 237 Å². The standard InChI is InChI=1S/C28H30N4O6S2/c1-18(2)16-20(30-28(35)38-25-12-11-23(39-25)19-8-4-3-5-9-19)27(34)31-15-13-21-26(31)22(33)17-32(21)40(36,37)24-10-6-7-14-29-24/h3-12,14,18,20-21,26H,13,15-17H2,1-2H3,(H,30,35). The summed E-state index contributed by atoms with van der Waals surface area (Å²) in [5, 5.41) is 2.93. The second-order valence-corrected chi connectivity index (χ2v) is 13.1. The van der Waals surface area contributed by atoms with Crippen LogP contribution < -0.4 is 10.1 Å². The molecule has 10 nitrogen and oxygen atoms in total. The lowest BCUT2D eigenvalue weighted by molar-refractivity contribution is -0.138.